The molecule has 0 saturated heterocycles. The van der Waals surface area contributed by atoms with Gasteiger partial charge in [-0.3, -0.25) is 9.59 Å². The number of halogens is 4. The summed E-state index contributed by atoms with van der Waals surface area (Å²) in [6.07, 6.45) is -3.18. The molecule has 2 aromatic carbocycles. The topological polar surface area (TPSA) is 107 Å². The van der Waals surface area contributed by atoms with Crippen LogP contribution in [0.25, 0.3) is 32.8 Å². The molecule has 0 spiro atoms. The number of aliphatic hydroxyl groups is 1. The zero-order valence-corrected chi connectivity index (χ0v) is 19.9. The highest BCUT2D eigenvalue weighted by atomic mass is 19.4. The molecule has 0 unspecified atom stereocenters. The van der Waals surface area contributed by atoms with E-state index in [-0.39, 0.29) is 35.4 Å². The van der Waals surface area contributed by atoms with Crippen molar-refractivity contribution in [1.82, 2.24) is 15.3 Å². The van der Waals surface area contributed by atoms with Crippen molar-refractivity contribution in [1.29, 1.82) is 0 Å². The summed E-state index contributed by atoms with van der Waals surface area (Å²) in [4.78, 5) is 31.9. The maximum Gasteiger partial charge on any atom is 0.408 e. The zero-order chi connectivity index (χ0) is 26.9. The summed E-state index contributed by atoms with van der Waals surface area (Å²) in [5.41, 5.74) is 0.430. The maximum absolute atomic E-state index is 14.3. The number of nitrogens with one attached hydrogen (secondary N) is 3. The average Bonchev–Trinajstić information content (AvgIpc) is 2.84. The van der Waals surface area contributed by atoms with Crippen LogP contribution in [-0.4, -0.2) is 46.4 Å². The Morgan fingerprint density at radius 2 is 1.78 bits per heavy atom. The first-order valence-electron chi connectivity index (χ1n) is 11.5. The number of anilines is 1. The summed E-state index contributed by atoms with van der Waals surface area (Å²) in [6, 6.07) is 8.24. The van der Waals surface area contributed by atoms with Crippen molar-refractivity contribution in [2.75, 3.05) is 18.5 Å². The van der Waals surface area contributed by atoms with Gasteiger partial charge in [0.15, 0.2) is 0 Å². The number of fused-ring (bicyclic) bond motifs is 3. The Labute approximate surface area is 208 Å². The summed E-state index contributed by atoms with van der Waals surface area (Å²) < 4.78 is 55.5. The lowest BCUT2D eigenvalue weighted by molar-refractivity contribution is -0.150. The molecule has 11 heteroatoms. The van der Waals surface area contributed by atoms with Gasteiger partial charge in [0.05, 0.1) is 23.1 Å². The number of pyridine rings is 2. The van der Waals surface area contributed by atoms with Crippen LogP contribution in [0.1, 0.15) is 24.2 Å². The van der Waals surface area contributed by atoms with E-state index < -0.39 is 35.4 Å². The summed E-state index contributed by atoms with van der Waals surface area (Å²) in [6.45, 7) is 2.53. The van der Waals surface area contributed by atoms with Crippen LogP contribution in [0.15, 0.2) is 53.5 Å². The molecule has 0 radical (unpaired) electrons. The van der Waals surface area contributed by atoms with Gasteiger partial charge in [-0.15, -0.1) is 0 Å². The van der Waals surface area contributed by atoms with Gasteiger partial charge in [0.25, 0.3) is 11.5 Å². The van der Waals surface area contributed by atoms with Crippen LogP contribution in [0, 0.1) is 11.7 Å². The van der Waals surface area contributed by atoms with Crippen molar-refractivity contribution < 1.29 is 27.5 Å². The molecule has 4 aromatic rings. The number of aliphatic hydroxyl groups excluding tert-OH is 1. The lowest BCUT2D eigenvalue weighted by Gasteiger charge is -2.26. The fourth-order valence-electron chi connectivity index (χ4n) is 4.17. The van der Waals surface area contributed by atoms with Gasteiger partial charge in [-0.25, -0.2) is 9.37 Å². The molecule has 1 amide bonds. The minimum absolute atomic E-state index is 0.0288. The van der Waals surface area contributed by atoms with Crippen LogP contribution in [-0.2, 0) is 0 Å². The van der Waals surface area contributed by atoms with E-state index in [1.807, 2.05) is 0 Å². The lowest BCUT2D eigenvalue weighted by Crippen LogP contribution is -2.40. The minimum atomic E-state index is -4.54. The number of H-pyrrole nitrogens is 1. The van der Waals surface area contributed by atoms with Crippen molar-refractivity contribution in [2.45, 2.75) is 26.1 Å². The van der Waals surface area contributed by atoms with Gasteiger partial charge in [0, 0.05) is 23.5 Å². The number of carbonyl (C=O) groups is 1. The summed E-state index contributed by atoms with van der Waals surface area (Å²) >= 11 is 0. The molecule has 0 saturated carbocycles. The number of hydrogen-bond acceptors (Lipinski definition) is 5. The standard InChI is InChI=1S/C26H24F4N4O3/c1-13(2)22(26(28,29)30)34-23-16-5-3-14(11-17(16)21-20(33-23)7-8-31-25(21)37)15-4-6-19(27)18(12-15)24(36)32-9-10-35/h3-8,11-13,22,35H,9-10H2,1-2H3,(H,31,37)(H,32,36)(H,33,34)/t22-/m1/s1. The van der Waals surface area contributed by atoms with Crippen LogP contribution >= 0.6 is 0 Å². The van der Waals surface area contributed by atoms with E-state index in [9.17, 15) is 27.2 Å². The van der Waals surface area contributed by atoms with Gasteiger partial charge in [0.2, 0.25) is 0 Å². The van der Waals surface area contributed by atoms with E-state index in [2.05, 4.69) is 20.6 Å². The van der Waals surface area contributed by atoms with Crippen LogP contribution in [0.2, 0.25) is 0 Å². The SMILES string of the molecule is CC(C)[C@@H](Nc1nc2cc[nH]c(=O)c2c2cc(-c3ccc(F)c(C(=O)NCCO)c3)ccc12)C(F)(F)F. The van der Waals surface area contributed by atoms with Gasteiger partial charge in [-0.05, 0) is 41.3 Å². The molecule has 0 aliphatic carbocycles. The van der Waals surface area contributed by atoms with Gasteiger partial charge in [0.1, 0.15) is 17.7 Å². The number of hydrogen-bond donors (Lipinski definition) is 4. The number of carbonyl (C=O) groups excluding carboxylic acids is 1. The first kappa shape index (κ1) is 26.1. The molecule has 194 valence electrons. The Hall–Kier alpha value is -3.99. The second-order valence-corrected chi connectivity index (χ2v) is 8.87. The number of rotatable bonds is 7. The Morgan fingerprint density at radius 3 is 2.46 bits per heavy atom. The largest absolute Gasteiger partial charge is 0.408 e. The highest BCUT2D eigenvalue weighted by Crippen LogP contribution is 2.35. The Morgan fingerprint density at radius 1 is 1.08 bits per heavy atom. The third kappa shape index (κ3) is 5.26. The third-order valence-electron chi connectivity index (χ3n) is 5.97. The molecule has 37 heavy (non-hydrogen) atoms. The molecule has 4 N–H and O–H groups in total. The summed E-state index contributed by atoms with van der Waals surface area (Å²) in [5.74, 6) is -2.29. The Balaban J connectivity index is 1.90. The maximum atomic E-state index is 14.3. The molecule has 4 rings (SSSR count). The number of aromatic nitrogens is 2. The van der Waals surface area contributed by atoms with Crippen molar-refractivity contribution in [3.05, 3.63) is 70.4 Å². The van der Waals surface area contributed by atoms with E-state index in [0.717, 1.165) is 6.07 Å². The van der Waals surface area contributed by atoms with E-state index in [1.165, 1.54) is 44.3 Å². The number of benzene rings is 2. The normalized spacial score (nSPS) is 12.8. The predicted octanol–water partition coefficient (Wildman–Crippen LogP) is 4.60. The summed E-state index contributed by atoms with van der Waals surface area (Å²) in [7, 11) is 0. The van der Waals surface area contributed by atoms with E-state index >= 15 is 0 Å². The highest BCUT2D eigenvalue weighted by Gasteiger charge is 2.42. The Kier molecular flexibility index (Phi) is 7.17. The number of amides is 1. The first-order chi connectivity index (χ1) is 17.5. The molecule has 0 aliphatic rings. The molecule has 0 aliphatic heterocycles. The quantitative estimate of drug-likeness (QED) is 0.212. The van der Waals surface area contributed by atoms with E-state index in [1.54, 1.807) is 12.1 Å². The van der Waals surface area contributed by atoms with Crippen molar-refractivity contribution in [3.8, 4) is 11.1 Å². The zero-order valence-electron chi connectivity index (χ0n) is 19.9. The fraction of sp³-hybridized carbons (Fsp3) is 0.269. The number of nitrogens with zero attached hydrogens (tertiary/aromatic N) is 1. The van der Waals surface area contributed by atoms with Crippen LogP contribution in [0.5, 0.6) is 0 Å². The second kappa shape index (κ2) is 10.2. The number of aromatic amines is 1. The monoisotopic (exact) mass is 516 g/mol. The van der Waals surface area contributed by atoms with Crippen molar-refractivity contribution in [2.24, 2.45) is 5.92 Å². The van der Waals surface area contributed by atoms with Crippen molar-refractivity contribution in [3.63, 3.8) is 0 Å². The smallest absolute Gasteiger partial charge is 0.395 e. The van der Waals surface area contributed by atoms with E-state index in [0.29, 0.717) is 21.9 Å². The highest BCUT2D eigenvalue weighted by molar-refractivity contribution is 6.11. The van der Waals surface area contributed by atoms with Gasteiger partial charge in [-0.1, -0.05) is 32.0 Å². The van der Waals surface area contributed by atoms with Crippen molar-refractivity contribution >= 4 is 33.4 Å². The second-order valence-electron chi connectivity index (χ2n) is 8.87. The molecule has 2 aromatic heterocycles. The van der Waals surface area contributed by atoms with Gasteiger partial charge >= 0.3 is 6.18 Å². The molecule has 0 bridgehead atoms. The lowest BCUT2D eigenvalue weighted by atomic mass is 9.97. The Bertz CT molecular complexity index is 1530. The van der Waals surface area contributed by atoms with E-state index in [4.69, 9.17) is 5.11 Å². The van der Waals surface area contributed by atoms with Crippen LogP contribution in [0.4, 0.5) is 23.4 Å². The number of alkyl halides is 3. The molecule has 2 heterocycles. The van der Waals surface area contributed by atoms with Gasteiger partial charge in [-0.2, -0.15) is 13.2 Å². The predicted molar refractivity (Wildman–Crippen MR) is 133 cm³/mol. The molecule has 1 atom stereocenters. The van der Waals surface area contributed by atoms with Crippen LogP contribution in [0.3, 0.4) is 0 Å². The molecule has 0 fully saturated rings. The van der Waals surface area contributed by atoms with Gasteiger partial charge < -0.3 is 20.7 Å². The molecule has 7 nitrogen and oxygen atoms in total. The average molecular weight is 516 g/mol. The van der Waals surface area contributed by atoms with Crippen LogP contribution < -0.4 is 16.2 Å². The summed E-state index contributed by atoms with van der Waals surface area (Å²) in [5, 5.41) is 14.6. The third-order valence-corrected chi connectivity index (χ3v) is 5.97. The fourth-order valence-corrected chi connectivity index (χ4v) is 4.17. The minimum Gasteiger partial charge on any atom is -0.395 e. The first-order valence-corrected chi connectivity index (χ1v) is 11.5. The molecular formula is C26H24F4N4O3. The molecular weight excluding hydrogens is 492 g/mol.